The van der Waals surface area contributed by atoms with Crippen molar-refractivity contribution >= 4 is 28.5 Å². The van der Waals surface area contributed by atoms with Crippen LogP contribution in [-0.2, 0) is 6.42 Å². The topological polar surface area (TPSA) is 68.7 Å². The number of allylic oxidation sites excluding steroid dienone is 1. The minimum atomic E-state index is -0.896. The Morgan fingerprint density at radius 2 is 1.90 bits per heavy atom. The lowest BCUT2D eigenvalue weighted by Gasteiger charge is -2.26. The van der Waals surface area contributed by atoms with Crippen molar-refractivity contribution in [2.45, 2.75) is 19.8 Å². The first-order valence-corrected chi connectivity index (χ1v) is 9.85. The molecule has 29 heavy (non-hydrogen) atoms. The second-order valence-electron chi connectivity index (χ2n) is 7.72. The number of nitrogens with zero attached hydrogens (tertiary/aromatic N) is 1. The van der Waals surface area contributed by atoms with E-state index in [1.165, 1.54) is 0 Å². The van der Waals surface area contributed by atoms with Gasteiger partial charge in [0.25, 0.3) is 0 Å². The maximum absolute atomic E-state index is 12.1. The average Bonchev–Trinajstić information content (AvgIpc) is 2.72. The molecule has 0 bridgehead atoms. The number of rotatable bonds is 2. The van der Waals surface area contributed by atoms with E-state index in [1.807, 2.05) is 42.5 Å². The first kappa shape index (κ1) is 17.7. The Bertz CT molecular complexity index is 1160. The van der Waals surface area contributed by atoms with Crippen molar-refractivity contribution in [1.29, 1.82) is 0 Å². The fourth-order valence-electron chi connectivity index (χ4n) is 4.33. The van der Waals surface area contributed by atoms with E-state index in [0.29, 0.717) is 42.0 Å². The molecule has 0 saturated carbocycles. The zero-order chi connectivity index (χ0) is 20.0. The lowest BCUT2D eigenvalue weighted by Crippen LogP contribution is -2.17. The Morgan fingerprint density at radius 3 is 2.72 bits per heavy atom. The van der Waals surface area contributed by atoms with Gasteiger partial charge in [0.2, 0.25) is 0 Å². The number of carboxylic acids is 1. The standard InChI is InChI=1S/C24H21NO4/c1-14-10-16(12-15-6-7-20-21(13-15)29-9-8-28-20)23-18(11-14)22(24(26)27)17-4-2-3-5-19(17)25-23/h2-7,12-14H,8-11H2,1H3,(H,26,27)/b16-12+. The number of hydrogen-bond acceptors (Lipinski definition) is 4. The highest BCUT2D eigenvalue weighted by molar-refractivity contribution is 6.06. The van der Waals surface area contributed by atoms with E-state index in [-0.39, 0.29) is 0 Å². The van der Waals surface area contributed by atoms with E-state index in [9.17, 15) is 9.90 Å². The monoisotopic (exact) mass is 387 g/mol. The SMILES string of the molecule is CC1C/C(=C\c2ccc3c(c2)OCCO3)c2nc3ccccc3c(C(=O)O)c2C1. The minimum Gasteiger partial charge on any atom is -0.486 e. The number of pyridine rings is 1. The van der Waals surface area contributed by atoms with Crippen LogP contribution < -0.4 is 9.47 Å². The Labute approximate surface area is 168 Å². The normalized spacial score (nSPS) is 19.2. The van der Waals surface area contributed by atoms with Crippen LogP contribution in [-0.4, -0.2) is 29.3 Å². The molecule has 5 heteroatoms. The Morgan fingerprint density at radius 1 is 1.10 bits per heavy atom. The average molecular weight is 387 g/mol. The summed E-state index contributed by atoms with van der Waals surface area (Å²) in [5.41, 5.74) is 4.78. The van der Waals surface area contributed by atoms with Crippen LogP contribution >= 0.6 is 0 Å². The zero-order valence-corrected chi connectivity index (χ0v) is 16.1. The van der Waals surface area contributed by atoms with Crippen LogP contribution in [0.25, 0.3) is 22.6 Å². The molecule has 5 rings (SSSR count). The van der Waals surface area contributed by atoms with Crippen molar-refractivity contribution in [3.8, 4) is 11.5 Å². The third-order valence-electron chi connectivity index (χ3n) is 5.54. The maximum Gasteiger partial charge on any atom is 0.336 e. The van der Waals surface area contributed by atoms with Gasteiger partial charge in [0.1, 0.15) is 13.2 Å². The van der Waals surface area contributed by atoms with Gasteiger partial charge in [0.05, 0.1) is 16.8 Å². The number of benzene rings is 2. The summed E-state index contributed by atoms with van der Waals surface area (Å²) in [5.74, 6) is 0.945. The Hall–Kier alpha value is -3.34. The molecule has 2 heterocycles. The summed E-state index contributed by atoms with van der Waals surface area (Å²) in [6.45, 7) is 3.26. The molecule has 0 saturated heterocycles. The van der Waals surface area contributed by atoms with Crippen LogP contribution in [0.5, 0.6) is 11.5 Å². The quantitative estimate of drug-likeness (QED) is 0.682. The number of aromatic carboxylic acids is 1. The van der Waals surface area contributed by atoms with Gasteiger partial charge in [-0.3, -0.25) is 0 Å². The number of carboxylic acid groups (broad SMARTS) is 1. The van der Waals surface area contributed by atoms with Crippen LogP contribution in [0.4, 0.5) is 0 Å². The number of para-hydroxylation sites is 1. The first-order valence-electron chi connectivity index (χ1n) is 9.85. The molecule has 0 spiro atoms. The van der Waals surface area contributed by atoms with Gasteiger partial charge in [0.15, 0.2) is 11.5 Å². The summed E-state index contributed by atoms with van der Waals surface area (Å²) in [5, 5.41) is 10.7. The van der Waals surface area contributed by atoms with Crippen molar-refractivity contribution in [2.75, 3.05) is 13.2 Å². The van der Waals surface area contributed by atoms with Gasteiger partial charge in [-0.25, -0.2) is 9.78 Å². The predicted molar refractivity (Wildman–Crippen MR) is 111 cm³/mol. The van der Waals surface area contributed by atoms with Gasteiger partial charge in [0, 0.05) is 5.39 Å². The number of carbonyl (C=O) groups is 1. The largest absolute Gasteiger partial charge is 0.486 e. The van der Waals surface area contributed by atoms with Gasteiger partial charge in [-0.05, 0) is 59.7 Å². The Balaban J connectivity index is 1.69. The molecule has 3 aromatic rings. The fraction of sp³-hybridized carbons (Fsp3) is 0.250. The highest BCUT2D eigenvalue weighted by Crippen LogP contribution is 2.39. The first-order chi connectivity index (χ1) is 14.1. The van der Waals surface area contributed by atoms with Crippen molar-refractivity contribution in [2.24, 2.45) is 5.92 Å². The fourth-order valence-corrected chi connectivity index (χ4v) is 4.33. The molecule has 5 nitrogen and oxygen atoms in total. The van der Waals surface area contributed by atoms with Crippen molar-refractivity contribution in [1.82, 2.24) is 4.98 Å². The van der Waals surface area contributed by atoms with Gasteiger partial charge in [-0.15, -0.1) is 0 Å². The number of aromatic nitrogens is 1. The summed E-state index contributed by atoms with van der Waals surface area (Å²) in [6, 6.07) is 13.4. The van der Waals surface area contributed by atoms with Crippen LogP contribution in [0.15, 0.2) is 42.5 Å². The molecule has 1 atom stereocenters. The third-order valence-corrected chi connectivity index (χ3v) is 5.54. The molecule has 0 radical (unpaired) electrons. The molecule has 2 aliphatic rings. The van der Waals surface area contributed by atoms with Crippen molar-refractivity contribution in [3.05, 3.63) is 64.8 Å². The summed E-state index contributed by atoms with van der Waals surface area (Å²) < 4.78 is 11.3. The molecule has 0 amide bonds. The highest BCUT2D eigenvalue weighted by Gasteiger charge is 2.28. The molecule has 146 valence electrons. The molecular weight excluding hydrogens is 366 g/mol. The van der Waals surface area contributed by atoms with Gasteiger partial charge in [-0.1, -0.05) is 31.2 Å². The van der Waals surface area contributed by atoms with E-state index >= 15 is 0 Å². The van der Waals surface area contributed by atoms with E-state index < -0.39 is 5.97 Å². The van der Waals surface area contributed by atoms with E-state index in [0.717, 1.165) is 40.3 Å². The highest BCUT2D eigenvalue weighted by atomic mass is 16.6. The summed E-state index contributed by atoms with van der Waals surface area (Å²) in [6.07, 6.45) is 3.67. The van der Waals surface area contributed by atoms with Crippen LogP contribution in [0.2, 0.25) is 0 Å². The molecule has 2 aromatic carbocycles. The number of fused-ring (bicyclic) bond motifs is 3. The molecular formula is C24H21NO4. The molecule has 1 aliphatic carbocycles. The summed E-state index contributed by atoms with van der Waals surface area (Å²) in [4.78, 5) is 17.0. The maximum atomic E-state index is 12.1. The van der Waals surface area contributed by atoms with Crippen LogP contribution in [0, 0.1) is 5.92 Å². The van der Waals surface area contributed by atoms with Crippen LogP contribution in [0.1, 0.15) is 40.5 Å². The smallest absolute Gasteiger partial charge is 0.336 e. The second-order valence-corrected chi connectivity index (χ2v) is 7.72. The molecule has 0 fully saturated rings. The van der Waals surface area contributed by atoms with Crippen molar-refractivity contribution < 1.29 is 19.4 Å². The van der Waals surface area contributed by atoms with Crippen molar-refractivity contribution in [3.63, 3.8) is 0 Å². The zero-order valence-electron chi connectivity index (χ0n) is 16.1. The number of ether oxygens (including phenoxy) is 2. The van der Waals surface area contributed by atoms with Crippen LogP contribution in [0.3, 0.4) is 0 Å². The summed E-state index contributed by atoms with van der Waals surface area (Å²) >= 11 is 0. The Kier molecular flexibility index (Phi) is 4.23. The second kappa shape index (κ2) is 6.92. The molecule has 1 aliphatic heterocycles. The van der Waals surface area contributed by atoms with E-state index in [4.69, 9.17) is 14.5 Å². The number of hydrogen-bond donors (Lipinski definition) is 1. The molecule has 1 N–H and O–H groups in total. The third kappa shape index (κ3) is 3.12. The van der Waals surface area contributed by atoms with E-state index in [1.54, 1.807) is 0 Å². The van der Waals surface area contributed by atoms with E-state index in [2.05, 4.69) is 13.0 Å². The van der Waals surface area contributed by atoms with Gasteiger partial charge >= 0.3 is 5.97 Å². The van der Waals surface area contributed by atoms with Gasteiger partial charge < -0.3 is 14.6 Å². The molecule has 1 unspecified atom stereocenters. The van der Waals surface area contributed by atoms with Gasteiger partial charge in [-0.2, -0.15) is 0 Å². The summed E-state index contributed by atoms with van der Waals surface area (Å²) in [7, 11) is 0. The molecule has 1 aromatic heterocycles. The minimum absolute atomic E-state index is 0.340. The lowest BCUT2D eigenvalue weighted by molar-refractivity contribution is 0.0697. The predicted octanol–water partition coefficient (Wildman–Crippen LogP) is 4.83. The lowest BCUT2D eigenvalue weighted by atomic mass is 9.80.